The Morgan fingerprint density at radius 3 is 3.09 bits per heavy atom. The molecular formula is C7H6N4. The fraction of sp³-hybridized carbons (Fsp3) is 0. The molecule has 1 aromatic heterocycles. The Kier molecular flexibility index (Phi) is 1.37. The fourth-order valence-electron chi connectivity index (χ4n) is 0.848. The topological polar surface area (TPSA) is 50.2 Å². The van der Waals surface area contributed by atoms with Gasteiger partial charge in [0.25, 0.3) is 0 Å². The first kappa shape index (κ1) is 6.03. The van der Waals surface area contributed by atoms with Crippen LogP contribution in [0.5, 0.6) is 0 Å². The number of anilines is 1. The van der Waals surface area contributed by atoms with Crippen molar-refractivity contribution in [2.75, 3.05) is 5.32 Å². The van der Waals surface area contributed by atoms with E-state index in [-0.39, 0.29) is 0 Å². The van der Waals surface area contributed by atoms with Crippen molar-refractivity contribution in [1.29, 1.82) is 0 Å². The lowest BCUT2D eigenvalue weighted by molar-refractivity contribution is 1.03. The number of hydrogen-bond acceptors (Lipinski definition) is 4. The van der Waals surface area contributed by atoms with Crippen LogP contribution >= 0.6 is 0 Å². The minimum absolute atomic E-state index is 0.928. The number of aromatic nitrogens is 2. The number of aliphatic imine (C=N–C) groups is 1. The van der Waals surface area contributed by atoms with E-state index < -0.39 is 0 Å². The predicted molar refractivity (Wildman–Crippen MR) is 42.4 cm³/mol. The largest absolute Gasteiger partial charge is 0.358 e. The molecule has 0 spiro atoms. The second-order valence-electron chi connectivity index (χ2n) is 2.10. The van der Waals surface area contributed by atoms with Crippen LogP contribution in [-0.4, -0.2) is 16.4 Å². The van der Waals surface area contributed by atoms with E-state index in [1.807, 2.05) is 0 Å². The van der Waals surface area contributed by atoms with Crippen LogP contribution in [0.15, 0.2) is 29.8 Å². The first-order chi connectivity index (χ1) is 5.47. The maximum absolute atomic E-state index is 3.98. The molecule has 2 rings (SSSR count). The Balaban J connectivity index is 2.52. The normalized spacial score (nSPS) is 13.5. The average molecular weight is 146 g/mol. The summed E-state index contributed by atoms with van der Waals surface area (Å²) >= 11 is 0. The smallest absolute Gasteiger partial charge is 0.0737 e. The highest BCUT2D eigenvalue weighted by Crippen LogP contribution is 2.11. The van der Waals surface area contributed by atoms with E-state index in [9.17, 15) is 0 Å². The molecule has 1 aliphatic rings. The average Bonchev–Trinajstić information content (AvgIpc) is 2.28. The summed E-state index contributed by atoms with van der Waals surface area (Å²) in [5, 5.41) is 10.5. The first-order valence-electron chi connectivity index (χ1n) is 3.22. The van der Waals surface area contributed by atoms with Crippen molar-refractivity contribution >= 4 is 11.9 Å². The molecule has 0 aliphatic carbocycles. The molecule has 0 bridgehead atoms. The molecule has 0 unspecified atom stereocenters. The van der Waals surface area contributed by atoms with Gasteiger partial charge in [-0.25, -0.2) is 0 Å². The van der Waals surface area contributed by atoms with Crippen LogP contribution in [0.25, 0.3) is 0 Å². The molecule has 1 aliphatic heterocycles. The molecule has 0 amide bonds. The lowest BCUT2D eigenvalue weighted by Gasteiger charge is -1.99. The van der Waals surface area contributed by atoms with E-state index in [4.69, 9.17) is 0 Å². The van der Waals surface area contributed by atoms with E-state index in [0.717, 1.165) is 11.3 Å². The molecule has 0 aromatic carbocycles. The third-order valence-corrected chi connectivity index (χ3v) is 1.37. The zero-order chi connectivity index (χ0) is 7.52. The highest BCUT2D eigenvalue weighted by molar-refractivity contribution is 5.88. The summed E-state index contributed by atoms with van der Waals surface area (Å²) in [6.45, 7) is 0. The summed E-state index contributed by atoms with van der Waals surface area (Å²) in [6, 6.07) is 0. The molecule has 0 atom stereocenters. The Hall–Kier alpha value is -1.71. The van der Waals surface area contributed by atoms with E-state index in [2.05, 4.69) is 20.5 Å². The summed E-state index contributed by atoms with van der Waals surface area (Å²) in [7, 11) is 0. The molecule has 4 nitrogen and oxygen atoms in total. The second kappa shape index (κ2) is 2.49. The number of nitrogens with zero attached hydrogens (tertiary/aromatic N) is 3. The van der Waals surface area contributed by atoms with Crippen LogP contribution in [0.3, 0.4) is 0 Å². The van der Waals surface area contributed by atoms with Gasteiger partial charge in [-0.3, -0.25) is 4.99 Å². The molecule has 1 N–H and O–H groups in total. The van der Waals surface area contributed by atoms with Crippen molar-refractivity contribution in [3.8, 4) is 0 Å². The molecule has 2 heterocycles. The molecule has 54 valence electrons. The molecule has 0 saturated carbocycles. The summed E-state index contributed by atoms with van der Waals surface area (Å²) in [5.41, 5.74) is 1.88. The van der Waals surface area contributed by atoms with Crippen LogP contribution < -0.4 is 5.32 Å². The zero-order valence-electron chi connectivity index (χ0n) is 5.73. The first-order valence-corrected chi connectivity index (χ1v) is 3.22. The van der Waals surface area contributed by atoms with E-state index >= 15 is 0 Å². The Bertz CT molecular complexity index is 316. The van der Waals surface area contributed by atoms with Crippen molar-refractivity contribution in [1.82, 2.24) is 10.2 Å². The van der Waals surface area contributed by atoms with Gasteiger partial charge in [-0.2, -0.15) is 10.2 Å². The van der Waals surface area contributed by atoms with Gasteiger partial charge in [0.15, 0.2) is 0 Å². The van der Waals surface area contributed by atoms with Gasteiger partial charge in [0, 0.05) is 24.2 Å². The van der Waals surface area contributed by atoms with Crippen molar-refractivity contribution in [2.24, 2.45) is 4.99 Å². The van der Waals surface area contributed by atoms with Crippen molar-refractivity contribution in [2.45, 2.75) is 0 Å². The van der Waals surface area contributed by atoms with Crippen LogP contribution in [0.2, 0.25) is 0 Å². The van der Waals surface area contributed by atoms with Gasteiger partial charge in [-0.05, 0) is 0 Å². The Labute approximate surface area is 63.7 Å². The summed E-state index contributed by atoms with van der Waals surface area (Å²) < 4.78 is 0. The Morgan fingerprint density at radius 2 is 2.09 bits per heavy atom. The number of rotatable bonds is 0. The van der Waals surface area contributed by atoms with Gasteiger partial charge in [-0.1, -0.05) is 0 Å². The molecule has 0 radical (unpaired) electrons. The van der Waals surface area contributed by atoms with Gasteiger partial charge in [-0.15, -0.1) is 0 Å². The maximum atomic E-state index is 3.98. The van der Waals surface area contributed by atoms with E-state index in [1.54, 1.807) is 31.0 Å². The predicted octanol–water partition coefficient (Wildman–Crippen LogP) is 0.792. The third-order valence-electron chi connectivity index (χ3n) is 1.37. The van der Waals surface area contributed by atoms with Crippen LogP contribution in [0.1, 0.15) is 5.56 Å². The maximum Gasteiger partial charge on any atom is 0.0737 e. The molecule has 4 heteroatoms. The van der Waals surface area contributed by atoms with Gasteiger partial charge in [0.05, 0.1) is 18.1 Å². The highest BCUT2D eigenvalue weighted by Gasteiger charge is 1.98. The van der Waals surface area contributed by atoms with Crippen molar-refractivity contribution in [3.05, 3.63) is 30.4 Å². The minimum Gasteiger partial charge on any atom is -0.358 e. The minimum atomic E-state index is 0.928. The molecular weight excluding hydrogens is 140 g/mol. The van der Waals surface area contributed by atoms with Gasteiger partial charge in [0.1, 0.15) is 0 Å². The molecule has 1 aromatic rings. The lowest BCUT2D eigenvalue weighted by atomic mass is 10.3. The Morgan fingerprint density at radius 1 is 1.18 bits per heavy atom. The monoisotopic (exact) mass is 146 g/mol. The molecule has 0 saturated heterocycles. The van der Waals surface area contributed by atoms with Gasteiger partial charge in [0.2, 0.25) is 0 Å². The number of hydrogen-bond donors (Lipinski definition) is 1. The molecule has 0 fully saturated rings. The van der Waals surface area contributed by atoms with Crippen LogP contribution in [0.4, 0.5) is 5.69 Å². The SMILES string of the molecule is C1=CNc2cnncc2C=N1. The second-order valence-corrected chi connectivity index (χ2v) is 2.10. The van der Waals surface area contributed by atoms with Crippen LogP contribution in [0, 0.1) is 0 Å². The fourth-order valence-corrected chi connectivity index (χ4v) is 0.848. The van der Waals surface area contributed by atoms with E-state index in [1.165, 1.54) is 0 Å². The highest BCUT2D eigenvalue weighted by atomic mass is 15.1. The van der Waals surface area contributed by atoms with Crippen molar-refractivity contribution < 1.29 is 0 Å². The zero-order valence-corrected chi connectivity index (χ0v) is 5.73. The van der Waals surface area contributed by atoms with Crippen molar-refractivity contribution in [3.63, 3.8) is 0 Å². The van der Waals surface area contributed by atoms with Gasteiger partial charge >= 0.3 is 0 Å². The third kappa shape index (κ3) is 1.10. The summed E-state index contributed by atoms with van der Waals surface area (Å²) in [4.78, 5) is 3.98. The number of fused-ring (bicyclic) bond motifs is 1. The standard InChI is InChI=1S/C7H6N4/c1-2-9-7-5-11-10-4-6(7)3-8-1/h1-5,9H. The van der Waals surface area contributed by atoms with Crippen LogP contribution in [-0.2, 0) is 0 Å². The number of nitrogens with one attached hydrogen (secondary N) is 1. The quantitative estimate of drug-likeness (QED) is 0.588. The summed E-state index contributed by atoms with van der Waals surface area (Å²) in [6.07, 6.45) is 8.50. The van der Waals surface area contributed by atoms with Gasteiger partial charge < -0.3 is 5.32 Å². The van der Waals surface area contributed by atoms with E-state index in [0.29, 0.717) is 0 Å². The molecule has 11 heavy (non-hydrogen) atoms. The lowest BCUT2D eigenvalue weighted by Crippen LogP contribution is -1.94. The summed E-state index contributed by atoms with van der Waals surface area (Å²) in [5.74, 6) is 0.